The minimum Gasteiger partial charge on any atom is -0.456 e. The summed E-state index contributed by atoms with van der Waals surface area (Å²) in [6, 6.07) is 45.2. The Morgan fingerprint density at radius 3 is 2.23 bits per heavy atom. The topological polar surface area (TPSA) is 42.5 Å². The summed E-state index contributed by atoms with van der Waals surface area (Å²) in [7, 11) is 0. The Hall–Kier alpha value is -5.39. The lowest BCUT2D eigenvalue weighted by Gasteiger charge is -2.26. The van der Waals surface area contributed by atoms with Crippen molar-refractivity contribution < 1.29 is 4.42 Å². The maximum atomic E-state index is 6.33. The van der Waals surface area contributed by atoms with Gasteiger partial charge >= 0.3 is 0 Å². The number of aliphatic imine (C=N–C) groups is 1. The summed E-state index contributed by atoms with van der Waals surface area (Å²) in [5.41, 5.74) is 6.27. The third-order valence-electron chi connectivity index (χ3n) is 8.84. The maximum absolute atomic E-state index is 6.33. The zero-order valence-electron chi connectivity index (χ0n) is 22.9. The maximum Gasteiger partial charge on any atom is 0.209 e. The van der Waals surface area contributed by atoms with Gasteiger partial charge in [0.05, 0.1) is 27.6 Å². The predicted octanol–water partition coefficient (Wildman–Crippen LogP) is 10.3. The van der Waals surface area contributed by atoms with Gasteiger partial charge in [-0.25, -0.2) is 4.99 Å². The Balaban J connectivity index is 1.25. The van der Waals surface area contributed by atoms with Crippen LogP contribution in [0.15, 0.2) is 137 Å². The monoisotopic (exact) mass is 569 g/mol. The van der Waals surface area contributed by atoms with Gasteiger partial charge in [0.15, 0.2) is 0 Å². The van der Waals surface area contributed by atoms with Gasteiger partial charge < -0.3 is 9.73 Å². The third kappa shape index (κ3) is 3.28. The van der Waals surface area contributed by atoms with Gasteiger partial charge in [-0.05, 0) is 52.7 Å². The zero-order valence-corrected chi connectivity index (χ0v) is 23.7. The number of para-hydroxylation sites is 2. The molecule has 3 aromatic heterocycles. The van der Waals surface area contributed by atoms with Crippen LogP contribution in [0, 0.1) is 0 Å². The van der Waals surface area contributed by atoms with Gasteiger partial charge in [0.2, 0.25) is 5.96 Å². The lowest BCUT2D eigenvalue weighted by molar-refractivity contribution is 0.665. The first-order valence-electron chi connectivity index (χ1n) is 14.5. The normalized spacial score (nSPS) is 15.1. The first-order valence-corrected chi connectivity index (χ1v) is 15.3. The van der Waals surface area contributed by atoms with E-state index in [0.29, 0.717) is 0 Å². The minimum absolute atomic E-state index is 0.0887. The summed E-state index contributed by atoms with van der Waals surface area (Å²) in [5, 5.41) is 12.2. The molecule has 0 saturated carbocycles. The highest BCUT2D eigenvalue weighted by Crippen LogP contribution is 2.46. The molecule has 5 heteroatoms. The number of furan rings is 1. The van der Waals surface area contributed by atoms with Crippen molar-refractivity contribution in [3.05, 3.63) is 138 Å². The Labute approximate surface area is 250 Å². The number of benzene rings is 6. The number of fused-ring (bicyclic) bond motifs is 10. The van der Waals surface area contributed by atoms with E-state index in [2.05, 4.69) is 125 Å². The molecule has 0 fully saturated rings. The highest BCUT2D eigenvalue weighted by Gasteiger charge is 2.30. The van der Waals surface area contributed by atoms with Crippen LogP contribution in [0.1, 0.15) is 16.5 Å². The van der Waals surface area contributed by atoms with Crippen molar-refractivity contribution >= 4 is 87.6 Å². The van der Waals surface area contributed by atoms with E-state index < -0.39 is 0 Å². The number of thiophene rings is 1. The molecular weight excluding hydrogens is 547 g/mol. The predicted molar refractivity (Wildman–Crippen MR) is 180 cm³/mol. The average Bonchev–Trinajstić information content (AvgIpc) is 3.72. The van der Waals surface area contributed by atoms with Crippen LogP contribution < -0.4 is 5.32 Å². The molecule has 0 radical (unpaired) electrons. The van der Waals surface area contributed by atoms with Gasteiger partial charge in [0.1, 0.15) is 11.2 Å². The Kier molecular flexibility index (Phi) is 4.62. The van der Waals surface area contributed by atoms with Crippen molar-refractivity contribution in [2.45, 2.75) is 6.04 Å². The molecule has 9 aromatic rings. The van der Waals surface area contributed by atoms with Gasteiger partial charge in [-0.15, -0.1) is 11.3 Å². The molecule has 4 nitrogen and oxygen atoms in total. The highest BCUT2D eigenvalue weighted by atomic mass is 32.1. The molecule has 202 valence electrons. The lowest BCUT2D eigenvalue weighted by atomic mass is 10.0. The van der Waals surface area contributed by atoms with E-state index in [9.17, 15) is 0 Å². The molecule has 0 saturated heterocycles. The van der Waals surface area contributed by atoms with E-state index in [1.54, 1.807) is 0 Å². The van der Waals surface area contributed by atoms with Crippen LogP contribution in [0.25, 0.3) is 64.6 Å². The standard InChI is InChI=1S/C38H23N3OS/c1-2-10-23-20-31-29(19-22(23)9-1)25-11-3-6-14-30(25)41(31)38-39-35(37-36(40-38)28-13-5-8-16-34(28)43-37)24-17-18-27-26-12-4-7-15-32(26)42-33(27)21-24/h1-21,35H,(H,39,40). The summed E-state index contributed by atoms with van der Waals surface area (Å²) in [4.78, 5) is 6.60. The molecule has 0 spiro atoms. The van der Waals surface area contributed by atoms with Gasteiger partial charge in [-0.3, -0.25) is 4.57 Å². The quantitative estimate of drug-likeness (QED) is 0.214. The molecule has 0 bridgehead atoms. The number of hydrogen-bond acceptors (Lipinski definition) is 4. The first kappa shape index (κ1) is 23.2. The molecule has 10 rings (SSSR count). The van der Waals surface area contributed by atoms with Crippen LogP contribution in [0.2, 0.25) is 0 Å². The van der Waals surface area contributed by atoms with Crippen molar-refractivity contribution in [2.75, 3.05) is 0 Å². The van der Waals surface area contributed by atoms with Crippen molar-refractivity contribution in [1.29, 1.82) is 0 Å². The number of rotatable bonds is 1. The van der Waals surface area contributed by atoms with Gasteiger partial charge in [0.25, 0.3) is 0 Å². The summed E-state index contributed by atoms with van der Waals surface area (Å²) in [6.45, 7) is 0. The third-order valence-corrected chi connectivity index (χ3v) is 10.1. The molecule has 1 aliphatic rings. The smallest absolute Gasteiger partial charge is 0.209 e. The molecule has 0 amide bonds. The molecular formula is C38H23N3OS. The van der Waals surface area contributed by atoms with E-state index in [1.165, 1.54) is 36.5 Å². The Bertz CT molecular complexity index is 2620. The second-order valence-electron chi connectivity index (χ2n) is 11.2. The second-order valence-corrected chi connectivity index (χ2v) is 12.3. The van der Waals surface area contributed by atoms with Crippen LogP contribution in [0.4, 0.5) is 5.69 Å². The van der Waals surface area contributed by atoms with Crippen LogP contribution in [-0.4, -0.2) is 10.5 Å². The minimum atomic E-state index is -0.0887. The molecule has 4 heterocycles. The van der Waals surface area contributed by atoms with Crippen LogP contribution >= 0.6 is 11.3 Å². The van der Waals surface area contributed by atoms with Gasteiger partial charge in [-0.2, -0.15) is 0 Å². The number of nitrogens with one attached hydrogen (secondary N) is 1. The molecule has 1 atom stereocenters. The van der Waals surface area contributed by atoms with Gasteiger partial charge in [0, 0.05) is 31.6 Å². The van der Waals surface area contributed by atoms with E-state index in [1.807, 2.05) is 23.5 Å². The fraction of sp³-hybridized carbons (Fsp3) is 0.0263. The summed E-state index contributed by atoms with van der Waals surface area (Å²) in [5.74, 6) is 0.826. The lowest BCUT2D eigenvalue weighted by Crippen LogP contribution is -2.36. The number of nitrogens with zero attached hydrogens (tertiary/aromatic N) is 2. The number of hydrogen-bond donors (Lipinski definition) is 1. The van der Waals surface area contributed by atoms with Crippen molar-refractivity contribution in [3.63, 3.8) is 0 Å². The fourth-order valence-corrected chi connectivity index (χ4v) is 8.07. The van der Waals surface area contributed by atoms with Crippen molar-refractivity contribution in [3.8, 4) is 0 Å². The van der Waals surface area contributed by atoms with Crippen LogP contribution in [0.5, 0.6) is 0 Å². The highest BCUT2D eigenvalue weighted by molar-refractivity contribution is 7.19. The summed E-state index contributed by atoms with van der Waals surface area (Å²) >= 11 is 1.81. The number of aromatic nitrogens is 1. The van der Waals surface area contributed by atoms with E-state index in [-0.39, 0.29) is 6.04 Å². The summed E-state index contributed by atoms with van der Waals surface area (Å²) in [6.07, 6.45) is 0. The average molecular weight is 570 g/mol. The van der Waals surface area contributed by atoms with Gasteiger partial charge in [-0.1, -0.05) is 91.0 Å². The van der Waals surface area contributed by atoms with E-state index in [4.69, 9.17) is 9.41 Å². The fourth-order valence-electron chi connectivity index (χ4n) is 6.85. The molecule has 1 N–H and O–H groups in total. The Morgan fingerprint density at radius 1 is 0.605 bits per heavy atom. The Morgan fingerprint density at radius 2 is 1.33 bits per heavy atom. The van der Waals surface area contributed by atoms with Crippen LogP contribution in [-0.2, 0) is 0 Å². The molecule has 0 aliphatic carbocycles. The first-order chi connectivity index (χ1) is 21.3. The SMILES string of the molecule is c1ccc2cc3c(cc2c1)c1ccccc1n3C1=Nc2c(sc3ccccc23)C(c2ccc3c(c2)oc2ccccc23)N1. The molecule has 1 aliphatic heterocycles. The second kappa shape index (κ2) is 8.57. The van der Waals surface area contributed by atoms with E-state index in [0.717, 1.165) is 50.2 Å². The van der Waals surface area contributed by atoms with Crippen molar-refractivity contribution in [2.24, 2.45) is 4.99 Å². The summed E-state index contributed by atoms with van der Waals surface area (Å²) < 4.78 is 9.87. The molecule has 1 unspecified atom stereocenters. The molecule has 6 aromatic carbocycles. The van der Waals surface area contributed by atoms with Crippen LogP contribution in [0.3, 0.4) is 0 Å². The van der Waals surface area contributed by atoms with E-state index >= 15 is 0 Å². The molecule has 43 heavy (non-hydrogen) atoms. The van der Waals surface area contributed by atoms with Crippen molar-refractivity contribution in [1.82, 2.24) is 9.88 Å². The largest absolute Gasteiger partial charge is 0.456 e. The zero-order chi connectivity index (χ0) is 28.1.